The van der Waals surface area contributed by atoms with Crippen molar-refractivity contribution >= 4 is 33.1 Å². The molecular weight excluding hydrogens is 440 g/mol. The van der Waals surface area contributed by atoms with Crippen molar-refractivity contribution in [3.63, 3.8) is 0 Å². The highest BCUT2D eigenvalue weighted by Gasteiger charge is 2.46. The summed E-state index contributed by atoms with van der Waals surface area (Å²) in [6.07, 6.45) is 1.67. The van der Waals surface area contributed by atoms with E-state index in [1.807, 2.05) is 12.1 Å². The minimum Gasteiger partial charge on any atom is -0.466 e. The number of hydrogen-bond acceptors (Lipinski definition) is 5. The molecule has 2 aromatic rings. The molecule has 33 heavy (non-hydrogen) atoms. The van der Waals surface area contributed by atoms with Crippen molar-refractivity contribution in [2.75, 3.05) is 18.1 Å². The molecule has 0 radical (unpaired) electrons. The van der Waals surface area contributed by atoms with Gasteiger partial charge in [-0.15, -0.1) is 0 Å². The molecule has 0 aromatic heterocycles. The van der Waals surface area contributed by atoms with Gasteiger partial charge in [0.2, 0.25) is 5.91 Å². The predicted octanol–water partition coefficient (Wildman–Crippen LogP) is 3.83. The molecule has 2 unspecified atom stereocenters. The fraction of sp³-hybridized carbons (Fsp3) is 0.400. The standard InChI is InChI=1S/C25H26N2O5S/c1-3-32-25(29)22-13-20(22)14-27-23-10-6-18(12-19(23)7-11-24(27)28)16-33(30,31)15-17-4-8-21(26-2)9-5-17/h4-6,8-10,12,20,22H,3,7,11,13-16H2,1H3. The van der Waals surface area contributed by atoms with Crippen LogP contribution in [-0.2, 0) is 42.1 Å². The first-order valence-electron chi connectivity index (χ1n) is 11.0. The summed E-state index contributed by atoms with van der Waals surface area (Å²) in [7, 11) is -3.40. The topological polar surface area (TPSA) is 85.1 Å². The first kappa shape index (κ1) is 23.0. The molecule has 1 fully saturated rings. The van der Waals surface area contributed by atoms with Crippen molar-refractivity contribution in [2.45, 2.75) is 37.7 Å². The Morgan fingerprint density at radius 1 is 1.12 bits per heavy atom. The normalized spacial score (nSPS) is 19.5. The lowest BCUT2D eigenvalue weighted by atomic mass is 9.98. The Morgan fingerprint density at radius 2 is 1.82 bits per heavy atom. The third kappa shape index (κ3) is 5.42. The molecule has 7 nitrogen and oxygen atoms in total. The van der Waals surface area contributed by atoms with E-state index in [4.69, 9.17) is 11.3 Å². The highest BCUT2D eigenvalue weighted by Crippen LogP contribution is 2.42. The van der Waals surface area contributed by atoms with E-state index in [1.165, 1.54) is 0 Å². The summed E-state index contributed by atoms with van der Waals surface area (Å²) in [6.45, 7) is 9.61. The number of nitrogens with zero attached hydrogens (tertiary/aromatic N) is 2. The zero-order valence-corrected chi connectivity index (χ0v) is 19.3. The van der Waals surface area contributed by atoms with Gasteiger partial charge in [-0.25, -0.2) is 13.3 Å². The van der Waals surface area contributed by atoms with Crippen molar-refractivity contribution in [2.24, 2.45) is 11.8 Å². The van der Waals surface area contributed by atoms with Crippen LogP contribution in [0.15, 0.2) is 42.5 Å². The SMILES string of the molecule is [C-]#[N+]c1ccc(CS(=O)(=O)Cc2ccc3c(c2)CCC(=O)N3CC2CC2C(=O)OCC)cc1. The number of carbonyl (C=O) groups excluding carboxylic acids is 2. The van der Waals surface area contributed by atoms with Gasteiger partial charge in [-0.05, 0) is 48.4 Å². The number of anilines is 1. The number of hydrogen-bond donors (Lipinski definition) is 0. The van der Waals surface area contributed by atoms with E-state index in [9.17, 15) is 18.0 Å². The van der Waals surface area contributed by atoms with Gasteiger partial charge < -0.3 is 9.64 Å². The number of esters is 1. The third-order valence-electron chi connectivity index (χ3n) is 6.11. The number of fused-ring (bicyclic) bond motifs is 1. The number of rotatable bonds is 8. The maximum Gasteiger partial charge on any atom is 0.309 e. The molecule has 1 saturated carbocycles. The number of ether oxygens (including phenoxy) is 1. The molecule has 0 saturated heterocycles. The van der Waals surface area contributed by atoms with E-state index in [1.54, 1.807) is 42.2 Å². The lowest BCUT2D eigenvalue weighted by molar-refractivity contribution is -0.145. The van der Waals surface area contributed by atoms with Gasteiger partial charge in [0.15, 0.2) is 15.5 Å². The second-order valence-corrected chi connectivity index (χ2v) is 10.7. The second-order valence-electron chi connectivity index (χ2n) is 8.63. The van der Waals surface area contributed by atoms with Gasteiger partial charge in [0.1, 0.15) is 0 Å². The summed E-state index contributed by atoms with van der Waals surface area (Å²) in [4.78, 5) is 29.6. The number of amides is 1. The average molecular weight is 467 g/mol. The van der Waals surface area contributed by atoms with Crippen LogP contribution in [0.25, 0.3) is 4.85 Å². The highest BCUT2D eigenvalue weighted by atomic mass is 32.2. The fourth-order valence-corrected chi connectivity index (χ4v) is 5.84. The molecule has 172 valence electrons. The van der Waals surface area contributed by atoms with Crippen molar-refractivity contribution in [1.29, 1.82) is 0 Å². The van der Waals surface area contributed by atoms with Crippen LogP contribution in [0, 0.1) is 18.4 Å². The minimum absolute atomic E-state index is 0.0280. The minimum atomic E-state index is -3.40. The summed E-state index contributed by atoms with van der Waals surface area (Å²) >= 11 is 0. The van der Waals surface area contributed by atoms with Crippen LogP contribution < -0.4 is 4.90 Å². The highest BCUT2D eigenvalue weighted by molar-refractivity contribution is 7.89. The molecule has 4 rings (SSSR count). The van der Waals surface area contributed by atoms with Gasteiger partial charge in [-0.3, -0.25) is 9.59 Å². The second kappa shape index (κ2) is 9.36. The maximum absolute atomic E-state index is 12.7. The smallest absolute Gasteiger partial charge is 0.309 e. The van der Waals surface area contributed by atoms with Crippen LogP contribution in [0.3, 0.4) is 0 Å². The number of sulfone groups is 1. The molecule has 0 bridgehead atoms. The zero-order valence-electron chi connectivity index (χ0n) is 18.5. The molecule has 8 heteroatoms. The van der Waals surface area contributed by atoms with Crippen LogP contribution in [0.5, 0.6) is 0 Å². The largest absolute Gasteiger partial charge is 0.466 e. The van der Waals surface area contributed by atoms with E-state index >= 15 is 0 Å². The number of carbonyl (C=O) groups is 2. The quantitative estimate of drug-likeness (QED) is 0.436. The summed E-state index contributed by atoms with van der Waals surface area (Å²) < 4.78 is 30.6. The Balaban J connectivity index is 1.44. The number of aryl methyl sites for hydroxylation is 1. The van der Waals surface area contributed by atoms with E-state index in [2.05, 4.69) is 4.85 Å². The first-order chi connectivity index (χ1) is 15.8. The van der Waals surface area contributed by atoms with E-state index in [-0.39, 0.29) is 35.2 Å². The van der Waals surface area contributed by atoms with E-state index < -0.39 is 9.84 Å². The first-order valence-corrected chi connectivity index (χ1v) is 12.9. The zero-order chi connectivity index (χ0) is 23.6. The van der Waals surface area contributed by atoms with Crippen molar-refractivity contribution in [1.82, 2.24) is 0 Å². The summed E-state index contributed by atoms with van der Waals surface area (Å²) in [6, 6.07) is 12.0. The maximum atomic E-state index is 12.7. The summed E-state index contributed by atoms with van der Waals surface area (Å²) in [5, 5.41) is 0. The molecule has 1 amide bonds. The van der Waals surface area contributed by atoms with Gasteiger partial charge in [0.05, 0.1) is 30.6 Å². The number of benzene rings is 2. The Bertz CT molecular complexity index is 1210. The molecular formula is C25H26N2O5S. The van der Waals surface area contributed by atoms with Gasteiger partial charge in [0.25, 0.3) is 0 Å². The lowest BCUT2D eigenvalue weighted by Gasteiger charge is -2.30. The van der Waals surface area contributed by atoms with E-state index in [0.717, 1.165) is 17.7 Å². The average Bonchev–Trinajstić information content (AvgIpc) is 3.55. The Kier molecular flexibility index (Phi) is 6.52. The van der Waals surface area contributed by atoms with Crippen LogP contribution in [0.4, 0.5) is 11.4 Å². The predicted molar refractivity (Wildman–Crippen MR) is 124 cm³/mol. The molecule has 2 atom stereocenters. The van der Waals surface area contributed by atoms with Gasteiger partial charge in [-0.2, -0.15) is 0 Å². The molecule has 1 heterocycles. The Morgan fingerprint density at radius 3 is 2.52 bits per heavy atom. The summed E-state index contributed by atoms with van der Waals surface area (Å²) in [5.41, 5.74) is 3.58. The van der Waals surface area contributed by atoms with Crippen LogP contribution in [-0.4, -0.2) is 33.4 Å². The van der Waals surface area contributed by atoms with Gasteiger partial charge in [0, 0.05) is 18.7 Å². The van der Waals surface area contributed by atoms with Crippen molar-refractivity contribution < 1.29 is 22.7 Å². The van der Waals surface area contributed by atoms with Crippen LogP contribution >= 0.6 is 0 Å². The molecule has 1 aliphatic heterocycles. The molecule has 2 aromatic carbocycles. The van der Waals surface area contributed by atoms with Crippen LogP contribution in [0.1, 0.15) is 36.5 Å². The fourth-order valence-electron chi connectivity index (χ4n) is 4.35. The molecule has 0 spiro atoms. The molecule has 2 aliphatic rings. The Hall–Kier alpha value is -3.18. The monoisotopic (exact) mass is 466 g/mol. The van der Waals surface area contributed by atoms with Crippen LogP contribution in [0.2, 0.25) is 0 Å². The Labute approximate surface area is 194 Å². The molecule has 1 aliphatic carbocycles. The molecule has 0 N–H and O–H groups in total. The van der Waals surface area contributed by atoms with E-state index in [0.29, 0.717) is 42.8 Å². The lowest BCUT2D eigenvalue weighted by Crippen LogP contribution is -2.37. The summed E-state index contributed by atoms with van der Waals surface area (Å²) in [5.74, 6) is -0.391. The van der Waals surface area contributed by atoms with Crippen molar-refractivity contribution in [3.8, 4) is 0 Å². The third-order valence-corrected chi connectivity index (χ3v) is 7.66. The van der Waals surface area contributed by atoms with Crippen molar-refractivity contribution in [3.05, 3.63) is 70.6 Å². The van der Waals surface area contributed by atoms with Gasteiger partial charge in [-0.1, -0.05) is 36.4 Å². The van der Waals surface area contributed by atoms with Gasteiger partial charge >= 0.3 is 5.97 Å².